The summed E-state index contributed by atoms with van der Waals surface area (Å²) in [6, 6.07) is 0. The highest BCUT2D eigenvalue weighted by molar-refractivity contribution is 6.77. The predicted molar refractivity (Wildman–Crippen MR) is 76.8 cm³/mol. The molecule has 0 heterocycles. The fourth-order valence-electron chi connectivity index (χ4n) is 2.87. The Kier molecular flexibility index (Phi) is 6.94. The van der Waals surface area contributed by atoms with E-state index < -0.39 is 8.32 Å². The fraction of sp³-hybridized carbons (Fsp3) is 0.786. The first kappa shape index (κ1) is 16.6. The van der Waals surface area contributed by atoms with Gasteiger partial charge in [-0.15, -0.1) is 0 Å². The number of aldehydes is 1. The van der Waals surface area contributed by atoms with Crippen molar-refractivity contribution < 1.29 is 9.22 Å². The average Bonchev–Trinajstić information content (AvgIpc) is 2.22. The van der Waals surface area contributed by atoms with Crippen molar-refractivity contribution in [3.05, 3.63) is 11.6 Å². The quantitative estimate of drug-likeness (QED) is 0.385. The normalized spacial score (nSPS) is 13.9. The van der Waals surface area contributed by atoms with E-state index in [4.69, 9.17) is 4.43 Å². The summed E-state index contributed by atoms with van der Waals surface area (Å²) in [5, 5.41) is 0. The van der Waals surface area contributed by atoms with Crippen molar-refractivity contribution in [3.8, 4) is 0 Å². The molecule has 100 valence electrons. The van der Waals surface area contributed by atoms with Crippen LogP contribution >= 0.6 is 0 Å². The molecule has 0 saturated carbocycles. The highest BCUT2D eigenvalue weighted by Crippen LogP contribution is 2.42. The summed E-state index contributed by atoms with van der Waals surface area (Å²) in [7, 11) is -1.77. The van der Waals surface area contributed by atoms with Crippen LogP contribution in [0.3, 0.4) is 0 Å². The van der Waals surface area contributed by atoms with Gasteiger partial charge in [0.1, 0.15) is 6.29 Å². The lowest BCUT2D eigenvalue weighted by Gasteiger charge is -2.41. The van der Waals surface area contributed by atoms with Gasteiger partial charge in [0, 0.05) is 0 Å². The van der Waals surface area contributed by atoms with Gasteiger partial charge >= 0.3 is 0 Å². The second-order valence-electron chi connectivity index (χ2n) is 5.69. The summed E-state index contributed by atoms with van der Waals surface area (Å²) in [4.78, 5) is 10.5. The largest absolute Gasteiger partial charge is 0.412 e. The van der Waals surface area contributed by atoms with Gasteiger partial charge < -0.3 is 4.43 Å². The number of allylic oxidation sites excluding steroid dienone is 1. The zero-order chi connectivity index (χ0) is 13.6. The Morgan fingerprint density at radius 1 is 1.06 bits per heavy atom. The summed E-state index contributed by atoms with van der Waals surface area (Å²) in [5.74, 6) is 0. The van der Waals surface area contributed by atoms with Gasteiger partial charge in [-0.3, -0.25) is 4.79 Å². The van der Waals surface area contributed by atoms with E-state index in [9.17, 15) is 4.79 Å². The third-order valence-electron chi connectivity index (χ3n) is 3.63. The molecule has 0 saturated heterocycles. The van der Waals surface area contributed by atoms with Crippen molar-refractivity contribution in [2.24, 2.45) is 0 Å². The lowest BCUT2D eigenvalue weighted by atomic mass is 10.3. The lowest BCUT2D eigenvalue weighted by molar-refractivity contribution is -0.104. The van der Waals surface area contributed by atoms with Gasteiger partial charge in [0.2, 0.25) is 8.32 Å². The van der Waals surface area contributed by atoms with Crippen molar-refractivity contribution in [2.75, 3.05) is 6.61 Å². The van der Waals surface area contributed by atoms with Crippen LogP contribution in [-0.2, 0) is 9.22 Å². The van der Waals surface area contributed by atoms with Crippen LogP contribution in [0.1, 0.15) is 48.5 Å². The van der Waals surface area contributed by atoms with Gasteiger partial charge in [-0.25, -0.2) is 0 Å². The molecule has 0 aromatic rings. The summed E-state index contributed by atoms with van der Waals surface area (Å²) < 4.78 is 6.29. The molecule has 0 aliphatic heterocycles. The Morgan fingerprint density at radius 2 is 1.47 bits per heavy atom. The predicted octanol–water partition coefficient (Wildman–Crippen LogP) is 4.32. The molecule has 0 N–H and O–H groups in total. The van der Waals surface area contributed by atoms with Crippen LogP contribution in [0.4, 0.5) is 0 Å². The van der Waals surface area contributed by atoms with E-state index in [-0.39, 0.29) is 0 Å². The number of carbonyl (C=O) groups is 1. The minimum absolute atomic E-state index is 0.575. The Hall–Kier alpha value is -0.413. The van der Waals surface area contributed by atoms with Crippen LogP contribution in [0.2, 0.25) is 16.6 Å². The lowest BCUT2D eigenvalue weighted by Crippen LogP contribution is -2.47. The third-order valence-corrected chi connectivity index (χ3v) is 9.71. The van der Waals surface area contributed by atoms with Gasteiger partial charge in [-0.1, -0.05) is 47.6 Å². The molecular weight excluding hydrogens is 228 g/mol. The second-order valence-corrected chi connectivity index (χ2v) is 11.2. The SMILES string of the molecule is C/C(C=O)=C\CO[Si](C(C)C)(C(C)C)C(C)C. The van der Waals surface area contributed by atoms with Crippen molar-refractivity contribution in [2.45, 2.75) is 65.1 Å². The Morgan fingerprint density at radius 3 is 1.76 bits per heavy atom. The first-order valence-corrected chi connectivity index (χ1v) is 8.68. The molecule has 0 aromatic carbocycles. The van der Waals surface area contributed by atoms with Gasteiger partial charge in [0.15, 0.2) is 0 Å². The van der Waals surface area contributed by atoms with Crippen molar-refractivity contribution in [3.63, 3.8) is 0 Å². The number of hydrogen-bond acceptors (Lipinski definition) is 2. The Labute approximate surface area is 108 Å². The first-order valence-electron chi connectivity index (χ1n) is 6.54. The standard InChI is InChI=1S/C14H28O2Si/c1-11(2)17(12(3)4,13(5)6)16-9-8-14(7)10-15/h8,10-13H,9H2,1-7H3/b14-8+. The maximum absolute atomic E-state index is 10.5. The van der Waals surface area contributed by atoms with Gasteiger partial charge in [-0.2, -0.15) is 0 Å². The van der Waals surface area contributed by atoms with Crippen LogP contribution in [0.15, 0.2) is 11.6 Å². The van der Waals surface area contributed by atoms with Crippen molar-refractivity contribution in [1.82, 2.24) is 0 Å². The van der Waals surface area contributed by atoms with E-state index in [2.05, 4.69) is 41.5 Å². The van der Waals surface area contributed by atoms with Gasteiger partial charge in [-0.05, 0) is 29.1 Å². The highest BCUT2D eigenvalue weighted by Gasteiger charge is 2.44. The number of rotatable bonds is 7. The molecule has 3 heteroatoms. The second kappa shape index (κ2) is 7.12. The number of carbonyl (C=O) groups excluding carboxylic acids is 1. The summed E-state index contributed by atoms with van der Waals surface area (Å²) >= 11 is 0. The van der Waals surface area contributed by atoms with Gasteiger partial charge in [0.05, 0.1) is 6.61 Å². The monoisotopic (exact) mass is 256 g/mol. The first-order chi connectivity index (χ1) is 7.78. The molecule has 0 fully saturated rings. The maximum atomic E-state index is 10.5. The molecule has 0 aliphatic rings. The third kappa shape index (κ3) is 4.07. The van der Waals surface area contributed by atoms with Crippen molar-refractivity contribution in [1.29, 1.82) is 0 Å². The minimum atomic E-state index is -1.77. The molecule has 0 spiro atoms. The maximum Gasteiger partial charge on any atom is 0.200 e. The Bertz CT molecular complexity index is 246. The average molecular weight is 256 g/mol. The molecule has 0 radical (unpaired) electrons. The smallest absolute Gasteiger partial charge is 0.200 e. The number of hydrogen-bond donors (Lipinski definition) is 0. The van der Waals surface area contributed by atoms with E-state index in [0.29, 0.717) is 23.2 Å². The van der Waals surface area contributed by atoms with Gasteiger partial charge in [0.25, 0.3) is 0 Å². The molecule has 0 aliphatic carbocycles. The molecule has 17 heavy (non-hydrogen) atoms. The highest BCUT2D eigenvalue weighted by atomic mass is 28.4. The molecular formula is C14H28O2Si. The van der Waals surface area contributed by atoms with Crippen LogP contribution < -0.4 is 0 Å². The van der Waals surface area contributed by atoms with Crippen molar-refractivity contribution >= 4 is 14.6 Å². The van der Waals surface area contributed by atoms with E-state index in [1.165, 1.54) is 0 Å². The molecule has 0 rings (SSSR count). The Balaban J connectivity index is 4.88. The molecule has 2 nitrogen and oxygen atoms in total. The van der Waals surface area contributed by atoms with Crippen LogP contribution in [0.5, 0.6) is 0 Å². The van der Waals surface area contributed by atoms with Crippen LogP contribution in [0.25, 0.3) is 0 Å². The van der Waals surface area contributed by atoms with E-state index in [1.807, 2.05) is 13.0 Å². The zero-order valence-electron chi connectivity index (χ0n) is 12.4. The minimum Gasteiger partial charge on any atom is -0.412 e. The van der Waals surface area contributed by atoms with E-state index >= 15 is 0 Å². The molecule has 0 amide bonds. The summed E-state index contributed by atoms with van der Waals surface area (Å²) in [6.45, 7) is 16.0. The van der Waals surface area contributed by atoms with Crippen LogP contribution in [0, 0.1) is 0 Å². The van der Waals surface area contributed by atoms with E-state index in [0.717, 1.165) is 11.9 Å². The topological polar surface area (TPSA) is 26.3 Å². The summed E-state index contributed by atoms with van der Waals surface area (Å²) in [6.07, 6.45) is 2.77. The summed E-state index contributed by atoms with van der Waals surface area (Å²) in [5.41, 5.74) is 2.52. The molecule has 0 atom stereocenters. The zero-order valence-corrected chi connectivity index (χ0v) is 13.4. The molecule has 0 bridgehead atoms. The fourth-order valence-corrected chi connectivity index (χ4v) is 8.24. The molecule has 0 unspecified atom stereocenters. The molecule has 0 aromatic heterocycles. The van der Waals surface area contributed by atoms with E-state index in [1.54, 1.807) is 0 Å². The van der Waals surface area contributed by atoms with Crippen LogP contribution in [-0.4, -0.2) is 21.2 Å².